The summed E-state index contributed by atoms with van der Waals surface area (Å²) in [4.78, 5) is 32.6. The highest BCUT2D eigenvalue weighted by atomic mass is 16.5. The molecule has 0 spiro atoms. The van der Waals surface area contributed by atoms with Gasteiger partial charge in [0.1, 0.15) is 12.0 Å². The minimum atomic E-state index is -0.589. The van der Waals surface area contributed by atoms with Crippen molar-refractivity contribution in [2.75, 3.05) is 24.9 Å². The van der Waals surface area contributed by atoms with Gasteiger partial charge < -0.3 is 20.1 Å². The number of carbonyl (C=O) groups is 1. The maximum Gasteiger partial charge on any atom is 0.323 e. The first-order chi connectivity index (χ1) is 12.0. The summed E-state index contributed by atoms with van der Waals surface area (Å²) in [5, 5.41) is 7.77. The molecule has 2 amide bonds. The third kappa shape index (κ3) is 3.09. The fourth-order valence-corrected chi connectivity index (χ4v) is 2.29. The van der Waals surface area contributed by atoms with E-state index in [-0.39, 0.29) is 11.5 Å². The van der Waals surface area contributed by atoms with Crippen LogP contribution >= 0.6 is 0 Å². The molecule has 0 saturated heterocycles. The van der Waals surface area contributed by atoms with Crippen LogP contribution in [-0.4, -0.2) is 39.8 Å². The number of rotatable bonds is 4. The Hall–Kier alpha value is -3.56. The molecule has 0 atom stereocenters. The SMILES string of the molecule is COc1ccc(NC(=O)Nc2c(C)nc3nc[nH]n3c2=O)cc1OC. The number of anilines is 2. The van der Waals surface area contributed by atoms with Crippen LogP contribution in [0.15, 0.2) is 29.3 Å². The van der Waals surface area contributed by atoms with Crippen molar-refractivity contribution in [2.45, 2.75) is 6.92 Å². The number of carbonyl (C=O) groups excluding carboxylic acids is 1. The molecule has 0 fully saturated rings. The van der Waals surface area contributed by atoms with Gasteiger partial charge >= 0.3 is 6.03 Å². The van der Waals surface area contributed by atoms with E-state index in [2.05, 4.69) is 25.7 Å². The Balaban J connectivity index is 1.83. The van der Waals surface area contributed by atoms with E-state index in [9.17, 15) is 9.59 Å². The van der Waals surface area contributed by atoms with E-state index in [1.54, 1.807) is 25.1 Å². The zero-order valence-corrected chi connectivity index (χ0v) is 13.8. The van der Waals surface area contributed by atoms with Crippen molar-refractivity contribution in [3.8, 4) is 11.5 Å². The number of methoxy groups -OCH3 is 2. The van der Waals surface area contributed by atoms with E-state index >= 15 is 0 Å². The predicted octanol–water partition coefficient (Wildman–Crippen LogP) is 1.39. The molecular formula is C15H16N6O4. The van der Waals surface area contributed by atoms with Crippen molar-refractivity contribution in [1.29, 1.82) is 0 Å². The van der Waals surface area contributed by atoms with E-state index in [1.807, 2.05) is 0 Å². The topological polar surface area (TPSA) is 123 Å². The van der Waals surface area contributed by atoms with Gasteiger partial charge in [-0.05, 0) is 19.1 Å². The molecule has 0 aliphatic carbocycles. The van der Waals surface area contributed by atoms with Crippen LogP contribution < -0.4 is 25.7 Å². The highest BCUT2D eigenvalue weighted by Crippen LogP contribution is 2.29. The molecule has 2 heterocycles. The van der Waals surface area contributed by atoms with Gasteiger partial charge in [0.05, 0.1) is 19.9 Å². The van der Waals surface area contributed by atoms with Gasteiger partial charge in [0, 0.05) is 11.8 Å². The second-order valence-corrected chi connectivity index (χ2v) is 5.05. The van der Waals surface area contributed by atoms with Gasteiger partial charge in [-0.1, -0.05) is 0 Å². The van der Waals surface area contributed by atoms with Crippen LogP contribution in [0.3, 0.4) is 0 Å². The Labute approximate surface area is 141 Å². The largest absolute Gasteiger partial charge is 0.493 e. The number of fused-ring (bicyclic) bond motifs is 1. The van der Waals surface area contributed by atoms with Crippen LogP contribution in [0.5, 0.6) is 11.5 Å². The van der Waals surface area contributed by atoms with Crippen LogP contribution in [0.4, 0.5) is 16.2 Å². The van der Waals surface area contributed by atoms with E-state index < -0.39 is 11.6 Å². The van der Waals surface area contributed by atoms with Gasteiger partial charge in [0.2, 0.25) is 0 Å². The van der Waals surface area contributed by atoms with Crippen molar-refractivity contribution in [1.82, 2.24) is 19.6 Å². The monoisotopic (exact) mass is 344 g/mol. The van der Waals surface area contributed by atoms with Crippen LogP contribution in [0.2, 0.25) is 0 Å². The Morgan fingerprint density at radius 3 is 2.68 bits per heavy atom. The lowest BCUT2D eigenvalue weighted by Crippen LogP contribution is -2.28. The van der Waals surface area contributed by atoms with Crippen LogP contribution in [0, 0.1) is 6.92 Å². The molecular weight excluding hydrogens is 328 g/mol. The molecule has 130 valence electrons. The molecule has 0 saturated carbocycles. The molecule has 3 aromatic rings. The molecule has 0 aliphatic heterocycles. The summed E-state index contributed by atoms with van der Waals surface area (Å²) >= 11 is 0. The fourth-order valence-electron chi connectivity index (χ4n) is 2.29. The number of hydrogen-bond acceptors (Lipinski definition) is 6. The predicted molar refractivity (Wildman–Crippen MR) is 90.5 cm³/mol. The molecule has 1 aromatic carbocycles. The van der Waals surface area contributed by atoms with Crippen LogP contribution in [0.1, 0.15) is 5.69 Å². The van der Waals surface area contributed by atoms with Gasteiger partial charge in [0.25, 0.3) is 11.3 Å². The number of H-pyrrole nitrogens is 1. The molecule has 0 radical (unpaired) electrons. The second kappa shape index (κ2) is 6.51. The lowest BCUT2D eigenvalue weighted by Gasteiger charge is -2.11. The highest BCUT2D eigenvalue weighted by Gasteiger charge is 2.14. The summed E-state index contributed by atoms with van der Waals surface area (Å²) in [5.41, 5.74) is 0.435. The summed E-state index contributed by atoms with van der Waals surface area (Å²) in [6, 6.07) is 4.33. The molecule has 3 N–H and O–H groups in total. The third-order valence-electron chi connectivity index (χ3n) is 3.49. The standard InChI is InChI=1S/C15H16N6O4/c1-8-12(13(22)21-14(18-8)16-7-17-21)20-15(23)19-9-4-5-10(24-2)11(6-9)25-3/h4-7H,1-3H3,(H,16,17,18)(H2,19,20,23). The van der Waals surface area contributed by atoms with Crippen molar-refractivity contribution in [3.63, 3.8) is 0 Å². The molecule has 0 aliphatic rings. The highest BCUT2D eigenvalue weighted by molar-refractivity contribution is 6.00. The molecule has 25 heavy (non-hydrogen) atoms. The number of benzene rings is 1. The maximum absolute atomic E-state index is 12.4. The molecule has 2 aromatic heterocycles. The normalized spacial score (nSPS) is 10.5. The van der Waals surface area contributed by atoms with Gasteiger partial charge in [-0.25, -0.2) is 14.8 Å². The average molecular weight is 344 g/mol. The lowest BCUT2D eigenvalue weighted by atomic mass is 10.2. The Kier molecular flexibility index (Phi) is 4.25. The molecule has 10 heteroatoms. The van der Waals surface area contributed by atoms with Crippen molar-refractivity contribution in [3.05, 3.63) is 40.6 Å². The molecule has 3 rings (SSSR count). The minimum Gasteiger partial charge on any atom is -0.493 e. The van der Waals surface area contributed by atoms with Gasteiger partial charge in [-0.2, -0.15) is 4.52 Å². The van der Waals surface area contributed by atoms with E-state index in [0.717, 1.165) is 4.52 Å². The number of urea groups is 1. The molecule has 0 unspecified atom stereocenters. The quantitative estimate of drug-likeness (QED) is 0.657. The average Bonchev–Trinajstić information content (AvgIpc) is 3.06. The Bertz CT molecular complexity index is 993. The number of aromatic nitrogens is 4. The van der Waals surface area contributed by atoms with Crippen LogP contribution in [-0.2, 0) is 0 Å². The van der Waals surface area contributed by atoms with Crippen molar-refractivity contribution < 1.29 is 14.3 Å². The first-order valence-corrected chi connectivity index (χ1v) is 7.26. The van der Waals surface area contributed by atoms with E-state index in [0.29, 0.717) is 22.9 Å². The van der Waals surface area contributed by atoms with E-state index in [1.165, 1.54) is 20.5 Å². The van der Waals surface area contributed by atoms with Crippen LogP contribution in [0.25, 0.3) is 5.78 Å². The first kappa shape index (κ1) is 16.3. The second-order valence-electron chi connectivity index (χ2n) is 5.05. The number of nitrogens with one attached hydrogen (secondary N) is 3. The fraction of sp³-hybridized carbons (Fsp3) is 0.200. The minimum absolute atomic E-state index is 0.0553. The van der Waals surface area contributed by atoms with Crippen molar-refractivity contribution in [2.24, 2.45) is 0 Å². The molecule has 0 bridgehead atoms. The maximum atomic E-state index is 12.4. The summed E-state index contributed by atoms with van der Waals surface area (Å²) < 4.78 is 11.5. The third-order valence-corrected chi connectivity index (χ3v) is 3.49. The number of nitrogens with zero attached hydrogens (tertiary/aromatic N) is 3. The lowest BCUT2D eigenvalue weighted by molar-refractivity contribution is 0.262. The zero-order valence-electron chi connectivity index (χ0n) is 13.8. The Morgan fingerprint density at radius 1 is 1.20 bits per heavy atom. The smallest absolute Gasteiger partial charge is 0.323 e. The number of amides is 2. The molecule has 10 nitrogen and oxygen atoms in total. The summed E-state index contributed by atoms with van der Waals surface area (Å²) in [6.45, 7) is 1.61. The number of ether oxygens (including phenoxy) is 2. The van der Waals surface area contributed by atoms with E-state index in [4.69, 9.17) is 9.47 Å². The summed E-state index contributed by atoms with van der Waals surface area (Å²) in [5.74, 6) is 1.24. The Morgan fingerprint density at radius 2 is 1.96 bits per heavy atom. The van der Waals surface area contributed by atoms with Gasteiger partial charge in [-0.15, -0.1) is 0 Å². The summed E-state index contributed by atoms with van der Waals surface area (Å²) in [6.07, 6.45) is 1.34. The first-order valence-electron chi connectivity index (χ1n) is 7.26. The van der Waals surface area contributed by atoms with Crippen molar-refractivity contribution >= 4 is 23.2 Å². The van der Waals surface area contributed by atoms with Gasteiger partial charge in [0.15, 0.2) is 11.5 Å². The number of aryl methyl sites for hydroxylation is 1. The van der Waals surface area contributed by atoms with Gasteiger partial charge in [-0.3, -0.25) is 9.89 Å². The number of hydrogen-bond donors (Lipinski definition) is 3. The summed E-state index contributed by atoms with van der Waals surface area (Å²) in [7, 11) is 3.02. The number of aromatic amines is 1. The zero-order chi connectivity index (χ0) is 18.0.